The van der Waals surface area contributed by atoms with E-state index in [1.807, 2.05) is 42.7 Å². The van der Waals surface area contributed by atoms with E-state index in [-0.39, 0.29) is 17.4 Å². The van der Waals surface area contributed by atoms with Gasteiger partial charge in [0.15, 0.2) is 17.4 Å². The summed E-state index contributed by atoms with van der Waals surface area (Å²) in [4.78, 5) is 12.7. The van der Waals surface area contributed by atoms with Crippen LogP contribution in [0, 0.1) is 18.6 Å². The number of fused-ring (bicyclic) bond motifs is 1. The van der Waals surface area contributed by atoms with Gasteiger partial charge in [-0.2, -0.15) is 9.37 Å². The maximum absolute atomic E-state index is 15.2. The van der Waals surface area contributed by atoms with Gasteiger partial charge in [-0.15, -0.1) is 0 Å². The van der Waals surface area contributed by atoms with Gasteiger partial charge in [0, 0.05) is 55.2 Å². The number of likely N-dealkylation sites (N-methyl/N-ethyl adjacent to an activating group) is 1. The van der Waals surface area contributed by atoms with E-state index in [1.54, 1.807) is 12.1 Å². The summed E-state index contributed by atoms with van der Waals surface area (Å²) in [6.45, 7) is 11.9. The van der Waals surface area contributed by atoms with Crippen molar-refractivity contribution in [2.75, 3.05) is 42.9 Å². The third-order valence-electron chi connectivity index (χ3n) is 6.79. The highest BCUT2D eigenvalue weighted by Gasteiger charge is 2.19. The molecule has 1 fully saturated rings. The third kappa shape index (κ3) is 4.58. The van der Waals surface area contributed by atoms with E-state index in [0.717, 1.165) is 56.2 Å². The largest absolute Gasteiger partial charge is 0.433 e. The highest BCUT2D eigenvalue weighted by Crippen LogP contribution is 2.33. The van der Waals surface area contributed by atoms with Crippen LogP contribution in [0.25, 0.3) is 10.9 Å². The first-order valence-corrected chi connectivity index (χ1v) is 12.3. The van der Waals surface area contributed by atoms with Crippen molar-refractivity contribution in [2.45, 2.75) is 27.3 Å². The molecule has 0 atom stereocenters. The van der Waals surface area contributed by atoms with Crippen molar-refractivity contribution in [3.8, 4) is 11.6 Å². The summed E-state index contributed by atoms with van der Waals surface area (Å²) < 4.78 is 37.9. The summed E-state index contributed by atoms with van der Waals surface area (Å²) in [6, 6.07) is 12.8. The molecule has 0 aliphatic carbocycles. The lowest BCUT2D eigenvalue weighted by Crippen LogP contribution is -2.46. The van der Waals surface area contributed by atoms with Crippen LogP contribution in [0.5, 0.6) is 11.6 Å². The van der Waals surface area contributed by atoms with Crippen molar-refractivity contribution in [3.05, 3.63) is 66.1 Å². The molecule has 0 bridgehead atoms. The Labute approximate surface area is 209 Å². The summed E-state index contributed by atoms with van der Waals surface area (Å²) in [5.41, 5.74) is 3.51. The zero-order valence-corrected chi connectivity index (χ0v) is 20.8. The Hall–Kier alpha value is -3.72. The van der Waals surface area contributed by atoms with Crippen LogP contribution in [0.1, 0.15) is 19.5 Å². The van der Waals surface area contributed by atoms with Crippen LogP contribution in [0.3, 0.4) is 0 Å². The van der Waals surface area contributed by atoms with Gasteiger partial charge >= 0.3 is 0 Å². The molecule has 0 unspecified atom stereocenters. The molecule has 7 nitrogen and oxygen atoms in total. The van der Waals surface area contributed by atoms with Crippen LogP contribution in [0.15, 0.2) is 48.8 Å². The van der Waals surface area contributed by atoms with E-state index >= 15 is 8.78 Å². The quantitative estimate of drug-likeness (QED) is 0.356. The SMILES string of the molecule is CCN1CCN(c2ccc(Nc3ncnc(Oc4ccc5c(cc(C)n5CC)c4F)c3F)cc2)CC1. The average molecular weight is 493 g/mol. The molecule has 0 spiro atoms. The Morgan fingerprint density at radius 3 is 2.36 bits per heavy atom. The summed E-state index contributed by atoms with van der Waals surface area (Å²) in [5.74, 6) is -1.82. The van der Waals surface area contributed by atoms with Crippen molar-refractivity contribution in [3.63, 3.8) is 0 Å². The number of rotatable bonds is 7. The van der Waals surface area contributed by atoms with Gasteiger partial charge in [-0.3, -0.25) is 0 Å². The Morgan fingerprint density at radius 1 is 0.917 bits per heavy atom. The minimum absolute atomic E-state index is 0.0428. The number of piperazine rings is 1. The highest BCUT2D eigenvalue weighted by atomic mass is 19.1. The molecule has 5 rings (SSSR count). The predicted octanol–water partition coefficient (Wildman–Crippen LogP) is 5.72. The van der Waals surface area contributed by atoms with E-state index in [2.05, 4.69) is 32.0 Å². The molecule has 2 aromatic carbocycles. The third-order valence-corrected chi connectivity index (χ3v) is 6.79. The molecular weight excluding hydrogens is 462 g/mol. The lowest BCUT2D eigenvalue weighted by Gasteiger charge is -2.35. The summed E-state index contributed by atoms with van der Waals surface area (Å²) in [7, 11) is 0. The second-order valence-electron chi connectivity index (χ2n) is 8.88. The number of nitrogens with one attached hydrogen (secondary N) is 1. The lowest BCUT2D eigenvalue weighted by molar-refractivity contribution is 0.271. The molecule has 1 aliphatic rings. The Balaban J connectivity index is 1.32. The number of hydrogen-bond acceptors (Lipinski definition) is 6. The van der Waals surface area contributed by atoms with Crippen molar-refractivity contribution in [1.29, 1.82) is 0 Å². The van der Waals surface area contributed by atoms with Crippen molar-refractivity contribution in [2.24, 2.45) is 0 Å². The number of nitrogens with zero attached hydrogens (tertiary/aromatic N) is 5. The zero-order valence-electron chi connectivity index (χ0n) is 20.8. The van der Waals surface area contributed by atoms with E-state index in [4.69, 9.17) is 4.74 Å². The second-order valence-corrected chi connectivity index (χ2v) is 8.88. The molecule has 1 saturated heterocycles. The molecule has 9 heteroatoms. The van der Waals surface area contributed by atoms with Gasteiger partial charge in [0.05, 0.1) is 5.52 Å². The lowest BCUT2D eigenvalue weighted by atomic mass is 10.2. The van der Waals surface area contributed by atoms with Gasteiger partial charge < -0.3 is 24.4 Å². The predicted molar refractivity (Wildman–Crippen MR) is 138 cm³/mol. The minimum Gasteiger partial charge on any atom is -0.433 e. The molecular formula is C27H30F2N6O. The molecule has 0 saturated carbocycles. The maximum atomic E-state index is 15.2. The first kappa shape index (κ1) is 24.0. The number of halogens is 2. The van der Waals surface area contributed by atoms with Gasteiger partial charge in [-0.25, -0.2) is 9.37 Å². The van der Waals surface area contributed by atoms with E-state index in [9.17, 15) is 0 Å². The Bertz CT molecular complexity index is 1360. The summed E-state index contributed by atoms with van der Waals surface area (Å²) >= 11 is 0. The van der Waals surface area contributed by atoms with E-state index in [1.165, 1.54) is 12.4 Å². The Morgan fingerprint density at radius 2 is 1.67 bits per heavy atom. The van der Waals surface area contributed by atoms with Gasteiger partial charge in [0.1, 0.15) is 6.33 Å². The van der Waals surface area contributed by atoms with Gasteiger partial charge in [0.25, 0.3) is 5.88 Å². The number of ether oxygens (including phenoxy) is 1. The molecule has 1 aliphatic heterocycles. The van der Waals surface area contributed by atoms with Crippen LogP contribution in [-0.4, -0.2) is 52.2 Å². The number of hydrogen-bond donors (Lipinski definition) is 1. The first-order chi connectivity index (χ1) is 17.5. The fourth-order valence-corrected chi connectivity index (χ4v) is 4.74. The van der Waals surface area contributed by atoms with Gasteiger partial charge in [-0.1, -0.05) is 6.92 Å². The fraction of sp³-hybridized carbons (Fsp3) is 0.333. The van der Waals surface area contributed by atoms with Crippen LogP contribution in [0.4, 0.5) is 26.0 Å². The molecule has 36 heavy (non-hydrogen) atoms. The monoisotopic (exact) mass is 492 g/mol. The Kier molecular flexibility index (Phi) is 6.73. The average Bonchev–Trinajstić information content (AvgIpc) is 3.24. The van der Waals surface area contributed by atoms with Crippen LogP contribution < -0.4 is 15.0 Å². The number of aromatic nitrogens is 3. The van der Waals surface area contributed by atoms with E-state index in [0.29, 0.717) is 11.1 Å². The standard InChI is InChI=1S/C27H30F2N6O/c1-4-33-12-14-34(15-13-33)20-8-6-19(7-9-20)32-26-25(29)27(31-17-30-26)36-23-11-10-22-21(24(23)28)16-18(3)35(22)5-2/h6-11,16-17H,4-5,12-15H2,1-3H3,(H,30,31,32). The van der Waals surface area contributed by atoms with Crippen molar-refractivity contribution in [1.82, 2.24) is 19.4 Å². The highest BCUT2D eigenvalue weighted by molar-refractivity contribution is 5.83. The summed E-state index contributed by atoms with van der Waals surface area (Å²) in [6.07, 6.45) is 1.19. The zero-order chi connectivity index (χ0) is 25.2. The van der Waals surface area contributed by atoms with Crippen LogP contribution >= 0.6 is 0 Å². The van der Waals surface area contributed by atoms with Gasteiger partial charge in [0.2, 0.25) is 5.82 Å². The normalized spacial score (nSPS) is 14.4. The van der Waals surface area contributed by atoms with Crippen molar-refractivity contribution >= 4 is 28.1 Å². The molecule has 3 heterocycles. The molecule has 0 amide bonds. The van der Waals surface area contributed by atoms with Crippen LogP contribution in [0.2, 0.25) is 0 Å². The minimum atomic E-state index is -0.793. The van der Waals surface area contributed by atoms with Crippen molar-refractivity contribution < 1.29 is 13.5 Å². The number of aryl methyl sites for hydroxylation is 2. The number of anilines is 3. The molecule has 1 N–H and O–H groups in total. The first-order valence-electron chi connectivity index (χ1n) is 12.3. The summed E-state index contributed by atoms with van der Waals surface area (Å²) in [5, 5.41) is 3.40. The second kappa shape index (κ2) is 10.1. The fourth-order valence-electron chi connectivity index (χ4n) is 4.74. The maximum Gasteiger partial charge on any atom is 0.261 e. The molecule has 0 radical (unpaired) electrons. The van der Waals surface area contributed by atoms with Crippen LogP contribution in [-0.2, 0) is 6.54 Å². The molecule has 2 aromatic heterocycles. The van der Waals surface area contributed by atoms with Gasteiger partial charge in [-0.05, 0) is 62.9 Å². The molecule has 4 aromatic rings. The smallest absolute Gasteiger partial charge is 0.261 e. The van der Waals surface area contributed by atoms with E-state index < -0.39 is 11.6 Å². The molecule has 188 valence electrons. The number of benzene rings is 2. The topological polar surface area (TPSA) is 58.4 Å².